The Morgan fingerprint density at radius 3 is 2.55 bits per heavy atom. The topological polar surface area (TPSA) is 123 Å². The second-order valence-corrected chi connectivity index (χ2v) is 7.50. The summed E-state index contributed by atoms with van der Waals surface area (Å²) in [6.07, 6.45) is 1.79. The number of nitrogens with two attached hydrogens (primary N) is 2. The average molecular weight is 429 g/mol. The molecule has 1 aliphatic rings. The second-order valence-electron chi connectivity index (χ2n) is 7.50. The van der Waals surface area contributed by atoms with E-state index in [0.717, 1.165) is 31.6 Å². The van der Waals surface area contributed by atoms with Crippen LogP contribution in [-0.2, 0) is 4.74 Å². The number of nitrogens with zero attached hydrogens (tertiary/aromatic N) is 1. The number of hydrogen-bond acceptors (Lipinski definition) is 8. The van der Waals surface area contributed by atoms with Crippen molar-refractivity contribution in [3.05, 3.63) is 48.0 Å². The van der Waals surface area contributed by atoms with Crippen LogP contribution in [0.1, 0.15) is 36.5 Å². The molecule has 1 unspecified atom stereocenters. The number of para-hydroxylation sites is 1. The number of benzene rings is 2. The molecule has 0 radical (unpaired) electrons. The van der Waals surface area contributed by atoms with Crippen LogP contribution < -0.4 is 26.4 Å². The normalized spacial score (nSPS) is 15.3. The molecule has 0 bridgehead atoms. The molecule has 0 aliphatic carbocycles. The SMILES string of the molecule is CCOC(=O)c1ccc(N(C2CCNCC2)C(CCO)Oc2cccc(N)c2N)cc1. The van der Waals surface area contributed by atoms with Crippen molar-refractivity contribution in [2.75, 3.05) is 42.7 Å². The monoisotopic (exact) mass is 428 g/mol. The van der Waals surface area contributed by atoms with E-state index in [1.165, 1.54) is 0 Å². The standard InChI is InChI=1S/C23H32N4O4/c1-2-30-23(29)16-6-8-17(9-7-16)27(18-10-13-26-14-11-18)21(12-15-28)31-20-5-3-4-19(24)22(20)25/h3-9,18,21,26,28H,2,10-15,24-25H2,1H3. The smallest absolute Gasteiger partial charge is 0.338 e. The Balaban J connectivity index is 1.93. The van der Waals surface area contributed by atoms with Gasteiger partial charge in [-0.05, 0) is 69.3 Å². The predicted octanol–water partition coefficient (Wildman–Crippen LogP) is 2.37. The lowest BCUT2D eigenvalue weighted by molar-refractivity contribution is 0.0526. The van der Waals surface area contributed by atoms with Gasteiger partial charge in [0, 0.05) is 24.8 Å². The molecule has 0 amide bonds. The van der Waals surface area contributed by atoms with Crippen LogP contribution in [0.2, 0.25) is 0 Å². The number of ether oxygens (including phenoxy) is 2. The molecule has 2 aromatic carbocycles. The Bertz CT molecular complexity index is 853. The molecule has 3 rings (SSSR count). The molecule has 1 heterocycles. The van der Waals surface area contributed by atoms with Gasteiger partial charge >= 0.3 is 5.97 Å². The van der Waals surface area contributed by atoms with Crippen molar-refractivity contribution >= 4 is 23.0 Å². The summed E-state index contributed by atoms with van der Waals surface area (Å²) in [4.78, 5) is 14.2. The summed E-state index contributed by atoms with van der Waals surface area (Å²) in [7, 11) is 0. The number of aliphatic hydroxyl groups is 1. The molecule has 1 aliphatic heterocycles. The summed E-state index contributed by atoms with van der Waals surface area (Å²) in [6.45, 7) is 3.86. The van der Waals surface area contributed by atoms with Crippen molar-refractivity contribution < 1.29 is 19.4 Å². The van der Waals surface area contributed by atoms with Crippen LogP contribution in [0.15, 0.2) is 42.5 Å². The summed E-state index contributed by atoms with van der Waals surface area (Å²) in [5, 5.41) is 13.2. The number of piperidine rings is 1. The minimum atomic E-state index is -0.453. The van der Waals surface area contributed by atoms with Gasteiger partial charge in [0.05, 0.1) is 23.5 Å². The Kier molecular flexibility index (Phi) is 7.97. The van der Waals surface area contributed by atoms with Crippen molar-refractivity contribution in [1.29, 1.82) is 0 Å². The molecule has 1 fully saturated rings. The molecule has 6 N–H and O–H groups in total. The molecule has 1 saturated heterocycles. The third-order valence-corrected chi connectivity index (χ3v) is 5.43. The van der Waals surface area contributed by atoms with Gasteiger partial charge in [0.25, 0.3) is 0 Å². The van der Waals surface area contributed by atoms with Crippen molar-refractivity contribution in [3.63, 3.8) is 0 Å². The third kappa shape index (κ3) is 5.59. The van der Waals surface area contributed by atoms with Crippen LogP contribution in [0.5, 0.6) is 5.75 Å². The first-order valence-electron chi connectivity index (χ1n) is 10.7. The van der Waals surface area contributed by atoms with E-state index in [9.17, 15) is 9.90 Å². The number of carbonyl (C=O) groups is 1. The largest absolute Gasteiger partial charge is 0.468 e. The van der Waals surface area contributed by atoms with Crippen LogP contribution in [-0.4, -0.2) is 49.6 Å². The molecule has 0 saturated carbocycles. The summed E-state index contributed by atoms with van der Waals surface area (Å²) < 4.78 is 11.4. The van der Waals surface area contributed by atoms with Gasteiger partial charge in [0.2, 0.25) is 0 Å². The molecule has 168 valence electrons. The minimum absolute atomic E-state index is 0.0464. The van der Waals surface area contributed by atoms with E-state index < -0.39 is 6.23 Å². The Morgan fingerprint density at radius 1 is 1.19 bits per heavy atom. The lowest BCUT2D eigenvalue weighted by Crippen LogP contribution is -2.51. The maximum Gasteiger partial charge on any atom is 0.338 e. The van der Waals surface area contributed by atoms with Gasteiger partial charge in [-0.25, -0.2) is 4.79 Å². The van der Waals surface area contributed by atoms with Crippen LogP contribution in [0.3, 0.4) is 0 Å². The highest BCUT2D eigenvalue weighted by molar-refractivity contribution is 5.89. The zero-order chi connectivity index (χ0) is 22.2. The quantitative estimate of drug-likeness (QED) is 0.273. The summed E-state index contributed by atoms with van der Waals surface area (Å²) in [5.74, 6) is 0.138. The lowest BCUT2D eigenvalue weighted by atomic mass is 10.0. The molecule has 0 spiro atoms. The van der Waals surface area contributed by atoms with E-state index in [1.807, 2.05) is 12.1 Å². The van der Waals surface area contributed by atoms with Gasteiger partial charge in [-0.2, -0.15) is 0 Å². The van der Waals surface area contributed by atoms with Crippen LogP contribution in [0.25, 0.3) is 0 Å². The molecule has 8 nitrogen and oxygen atoms in total. The first-order chi connectivity index (χ1) is 15.0. The summed E-state index contributed by atoms with van der Waals surface area (Å²) in [6, 6.07) is 12.8. The number of hydrogen-bond donors (Lipinski definition) is 4. The fourth-order valence-corrected chi connectivity index (χ4v) is 3.86. The molecule has 0 aromatic heterocycles. The van der Waals surface area contributed by atoms with Gasteiger partial charge in [-0.3, -0.25) is 0 Å². The molecule has 8 heteroatoms. The first-order valence-corrected chi connectivity index (χ1v) is 10.7. The lowest BCUT2D eigenvalue weighted by Gasteiger charge is -2.41. The molecular weight excluding hydrogens is 396 g/mol. The number of esters is 1. The minimum Gasteiger partial charge on any atom is -0.468 e. The van der Waals surface area contributed by atoms with Crippen molar-refractivity contribution in [1.82, 2.24) is 5.32 Å². The van der Waals surface area contributed by atoms with Gasteiger partial charge in [0.1, 0.15) is 5.75 Å². The van der Waals surface area contributed by atoms with E-state index >= 15 is 0 Å². The van der Waals surface area contributed by atoms with Crippen LogP contribution in [0, 0.1) is 0 Å². The first kappa shape index (κ1) is 22.7. The van der Waals surface area contributed by atoms with Crippen LogP contribution >= 0.6 is 0 Å². The summed E-state index contributed by atoms with van der Waals surface area (Å²) >= 11 is 0. The average Bonchev–Trinajstić information content (AvgIpc) is 2.78. The number of anilines is 3. The van der Waals surface area contributed by atoms with Gasteiger partial charge in [0.15, 0.2) is 6.23 Å². The van der Waals surface area contributed by atoms with Crippen molar-refractivity contribution in [3.8, 4) is 5.75 Å². The number of carbonyl (C=O) groups excluding carboxylic acids is 1. The van der Waals surface area contributed by atoms with Gasteiger partial charge < -0.3 is 36.3 Å². The fourth-order valence-electron chi connectivity index (χ4n) is 3.86. The zero-order valence-corrected chi connectivity index (χ0v) is 17.9. The molecule has 31 heavy (non-hydrogen) atoms. The van der Waals surface area contributed by atoms with E-state index in [-0.39, 0.29) is 18.6 Å². The zero-order valence-electron chi connectivity index (χ0n) is 17.9. The highest BCUT2D eigenvalue weighted by Crippen LogP contribution is 2.32. The Labute approximate surface area is 183 Å². The summed E-state index contributed by atoms with van der Waals surface area (Å²) in [5.41, 5.74) is 14.3. The van der Waals surface area contributed by atoms with Crippen molar-refractivity contribution in [2.45, 2.75) is 38.5 Å². The Hall–Kier alpha value is -2.97. The van der Waals surface area contributed by atoms with E-state index in [1.54, 1.807) is 37.3 Å². The third-order valence-electron chi connectivity index (χ3n) is 5.43. The van der Waals surface area contributed by atoms with E-state index in [0.29, 0.717) is 35.7 Å². The highest BCUT2D eigenvalue weighted by atomic mass is 16.5. The predicted molar refractivity (Wildman–Crippen MR) is 122 cm³/mol. The Morgan fingerprint density at radius 2 is 1.90 bits per heavy atom. The fraction of sp³-hybridized carbons (Fsp3) is 0.435. The maximum atomic E-state index is 12.0. The maximum absolute atomic E-state index is 12.0. The van der Waals surface area contributed by atoms with Crippen molar-refractivity contribution in [2.24, 2.45) is 0 Å². The molecule has 1 atom stereocenters. The van der Waals surface area contributed by atoms with E-state index in [2.05, 4.69) is 10.2 Å². The van der Waals surface area contributed by atoms with Gasteiger partial charge in [-0.15, -0.1) is 0 Å². The second kappa shape index (κ2) is 10.9. The highest BCUT2D eigenvalue weighted by Gasteiger charge is 2.30. The number of nitrogens with one attached hydrogen (secondary N) is 1. The molecule has 2 aromatic rings. The number of nitrogen functional groups attached to an aromatic ring is 2. The number of rotatable bonds is 9. The van der Waals surface area contributed by atoms with Crippen LogP contribution in [0.4, 0.5) is 17.1 Å². The van der Waals surface area contributed by atoms with Gasteiger partial charge in [-0.1, -0.05) is 6.07 Å². The number of aliphatic hydroxyl groups excluding tert-OH is 1. The van der Waals surface area contributed by atoms with E-state index in [4.69, 9.17) is 20.9 Å². The molecular formula is C23H32N4O4.